The SMILES string of the molecule is CC(C)c1ccccc1OCC(=O)Nc1nc2ccc(S(C)(=O)=O)cc2s1. The number of carbonyl (C=O) groups is 1. The molecule has 0 unspecified atom stereocenters. The minimum atomic E-state index is -3.29. The van der Waals surface area contributed by atoms with Crippen molar-refractivity contribution in [3.63, 3.8) is 0 Å². The summed E-state index contributed by atoms with van der Waals surface area (Å²) in [6, 6.07) is 12.3. The van der Waals surface area contributed by atoms with Crippen molar-refractivity contribution < 1.29 is 17.9 Å². The van der Waals surface area contributed by atoms with E-state index in [0.29, 0.717) is 21.1 Å². The Morgan fingerprint density at radius 3 is 2.67 bits per heavy atom. The molecule has 8 heteroatoms. The lowest BCUT2D eigenvalue weighted by Crippen LogP contribution is -2.20. The van der Waals surface area contributed by atoms with Crippen molar-refractivity contribution in [2.45, 2.75) is 24.7 Å². The zero-order valence-electron chi connectivity index (χ0n) is 15.2. The minimum Gasteiger partial charge on any atom is -0.483 e. The smallest absolute Gasteiger partial charge is 0.264 e. The van der Waals surface area contributed by atoms with Gasteiger partial charge in [-0.05, 0) is 35.7 Å². The van der Waals surface area contributed by atoms with E-state index in [2.05, 4.69) is 24.1 Å². The Morgan fingerprint density at radius 2 is 1.96 bits per heavy atom. The Labute approximate surface area is 162 Å². The molecule has 1 N–H and O–H groups in total. The average molecular weight is 405 g/mol. The molecule has 0 aliphatic heterocycles. The van der Waals surface area contributed by atoms with Crippen LogP contribution in [0.1, 0.15) is 25.3 Å². The van der Waals surface area contributed by atoms with E-state index in [1.807, 2.05) is 24.3 Å². The zero-order valence-corrected chi connectivity index (χ0v) is 16.9. The van der Waals surface area contributed by atoms with E-state index in [9.17, 15) is 13.2 Å². The van der Waals surface area contributed by atoms with Crippen LogP contribution in [0.25, 0.3) is 10.2 Å². The van der Waals surface area contributed by atoms with Gasteiger partial charge in [0.25, 0.3) is 5.91 Å². The zero-order chi connectivity index (χ0) is 19.6. The molecule has 0 aliphatic rings. The first kappa shape index (κ1) is 19.3. The molecule has 6 nitrogen and oxygen atoms in total. The number of aromatic nitrogens is 1. The summed E-state index contributed by atoms with van der Waals surface area (Å²) in [7, 11) is -3.29. The number of anilines is 1. The highest BCUT2D eigenvalue weighted by molar-refractivity contribution is 7.90. The predicted octanol–water partition coefficient (Wildman–Crippen LogP) is 3.84. The van der Waals surface area contributed by atoms with E-state index in [4.69, 9.17) is 4.74 Å². The number of rotatable bonds is 6. The summed E-state index contributed by atoms with van der Waals surface area (Å²) in [5.41, 5.74) is 1.67. The number of amides is 1. The van der Waals surface area contributed by atoms with Crippen LogP contribution in [-0.4, -0.2) is 32.2 Å². The lowest BCUT2D eigenvalue weighted by molar-refractivity contribution is -0.118. The molecule has 0 radical (unpaired) electrons. The molecule has 2 aromatic carbocycles. The molecule has 0 fully saturated rings. The summed E-state index contributed by atoms with van der Waals surface area (Å²) < 4.78 is 29.7. The lowest BCUT2D eigenvalue weighted by atomic mass is 10.0. The molecule has 0 atom stereocenters. The van der Waals surface area contributed by atoms with Crippen LogP contribution in [0, 0.1) is 0 Å². The van der Waals surface area contributed by atoms with Crippen molar-refractivity contribution in [2.24, 2.45) is 0 Å². The van der Waals surface area contributed by atoms with Crippen molar-refractivity contribution in [1.29, 1.82) is 0 Å². The number of nitrogens with zero attached hydrogens (tertiary/aromatic N) is 1. The largest absolute Gasteiger partial charge is 0.483 e. The van der Waals surface area contributed by atoms with E-state index < -0.39 is 9.84 Å². The van der Waals surface area contributed by atoms with Crippen molar-refractivity contribution >= 4 is 42.4 Å². The third-order valence-electron chi connectivity index (χ3n) is 3.93. The second-order valence-electron chi connectivity index (χ2n) is 6.45. The van der Waals surface area contributed by atoms with E-state index in [-0.39, 0.29) is 23.3 Å². The standard InChI is InChI=1S/C19H20N2O4S2/c1-12(2)14-6-4-5-7-16(14)25-11-18(22)21-19-20-15-9-8-13(27(3,23)24)10-17(15)26-19/h4-10,12H,11H2,1-3H3,(H,20,21,22). The fourth-order valence-electron chi connectivity index (χ4n) is 2.58. The summed E-state index contributed by atoms with van der Waals surface area (Å²) in [6.07, 6.45) is 1.16. The predicted molar refractivity (Wildman–Crippen MR) is 107 cm³/mol. The van der Waals surface area contributed by atoms with Crippen molar-refractivity contribution in [2.75, 3.05) is 18.2 Å². The van der Waals surface area contributed by atoms with Crippen LogP contribution < -0.4 is 10.1 Å². The maximum Gasteiger partial charge on any atom is 0.264 e. The number of nitrogens with one attached hydrogen (secondary N) is 1. The molecular weight excluding hydrogens is 384 g/mol. The molecule has 27 heavy (non-hydrogen) atoms. The highest BCUT2D eigenvalue weighted by atomic mass is 32.2. The number of benzene rings is 2. The van der Waals surface area contributed by atoms with E-state index in [0.717, 1.165) is 11.8 Å². The number of carbonyl (C=O) groups excluding carboxylic acids is 1. The first-order valence-corrected chi connectivity index (χ1v) is 11.1. The quantitative estimate of drug-likeness (QED) is 0.675. The Bertz CT molecular complexity index is 1090. The Hall–Kier alpha value is -2.45. The molecular formula is C19H20N2O4S2. The number of fused-ring (bicyclic) bond motifs is 1. The van der Waals surface area contributed by atoms with Crippen LogP contribution >= 0.6 is 11.3 Å². The van der Waals surface area contributed by atoms with Gasteiger partial charge in [-0.15, -0.1) is 0 Å². The molecule has 1 heterocycles. The summed E-state index contributed by atoms with van der Waals surface area (Å²) in [5, 5.41) is 3.11. The molecule has 3 rings (SSSR count). The Kier molecular flexibility index (Phi) is 5.48. The van der Waals surface area contributed by atoms with Crippen LogP contribution in [0.5, 0.6) is 5.75 Å². The summed E-state index contributed by atoms with van der Waals surface area (Å²) in [6.45, 7) is 4.00. The van der Waals surface area contributed by atoms with Crippen LogP contribution in [0.4, 0.5) is 5.13 Å². The highest BCUT2D eigenvalue weighted by Crippen LogP contribution is 2.29. The number of hydrogen-bond acceptors (Lipinski definition) is 6. The van der Waals surface area contributed by atoms with Gasteiger partial charge < -0.3 is 4.74 Å². The normalized spacial score (nSPS) is 11.7. The van der Waals surface area contributed by atoms with Gasteiger partial charge in [0.1, 0.15) is 5.75 Å². The first-order valence-electron chi connectivity index (χ1n) is 8.36. The van der Waals surface area contributed by atoms with Crippen LogP contribution in [0.2, 0.25) is 0 Å². The third-order valence-corrected chi connectivity index (χ3v) is 5.98. The van der Waals surface area contributed by atoms with Crippen LogP contribution in [-0.2, 0) is 14.6 Å². The van der Waals surface area contributed by atoms with E-state index in [1.54, 1.807) is 12.1 Å². The monoisotopic (exact) mass is 404 g/mol. The van der Waals surface area contributed by atoms with Gasteiger partial charge in [-0.2, -0.15) is 0 Å². The molecule has 0 saturated carbocycles. The molecule has 0 spiro atoms. The molecule has 0 aliphatic carbocycles. The van der Waals surface area contributed by atoms with Gasteiger partial charge in [0.05, 0.1) is 15.1 Å². The number of sulfone groups is 1. The first-order chi connectivity index (χ1) is 12.7. The number of thiazole rings is 1. The van der Waals surface area contributed by atoms with Crippen molar-refractivity contribution in [3.05, 3.63) is 48.0 Å². The summed E-state index contributed by atoms with van der Waals surface area (Å²) in [5.74, 6) is 0.651. The fourth-order valence-corrected chi connectivity index (χ4v) is 4.22. The van der Waals surface area contributed by atoms with Gasteiger partial charge in [0, 0.05) is 6.26 Å². The van der Waals surface area contributed by atoms with Crippen LogP contribution in [0.15, 0.2) is 47.4 Å². The maximum absolute atomic E-state index is 12.2. The second-order valence-corrected chi connectivity index (χ2v) is 9.50. The van der Waals surface area contributed by atoms with Gasteiger partial charge in [0.15, 0.2) is 21.6 Å². The van der Waals surface area contributed by atoms with Gasteiger partial charge in [0.2, 0.25) is 0 Å². The van der Waals surface area contributed by atoms with E-state index >= 15 is 0 Å². The van der Waals surface area contributed by atoms with Gasteiger partial charge in [-0.1, -0.05) is 43.4 Å². The van der Waals surface area contributed by atoms with Crippen LogP contribution in [0.3, 0.4) is 0 Å². The number of para-hydroxylation sites is 1. The average Bonchev–Trinajstić information content (AvgIpc) is 3.00. The molecule has 1 aromatic heterocycles. The summed E-state index contributed by atoms with van der Waals surface area (Å²) >= 11 is 1.22. The van der Waals surface area contributed by atoms with Gasteiger partial charge >= 0.3 is 0 Å². The molecule has 3 aromatic rings. The number of hydrogen-bond donors (Lipinski definition) is 1. The molecule has 0 bridgehead atoms. The topological polar surface area (TPSA) is 85.4 Å². The van der Waals surface area contributed by atoms with Crippen molar-refractivity contribution in [3.8, 4) is 5.75 Å². The Balaban J connectivity index is 1.69. The fraction of sp³-hybridized carbons (Fsp3) is 0.263. The lowest BCUT2D eigenvalue weighted by Gasteiger charge is -2.13. The highest BCUT2D eigenvalue weighted by Gasteiger charge is 2.13. The molecule has 142 valence electrons. The minimum absolute atomic E-state index is 0.131. The molecule has 0 saturated heterocycles. The molecule has 1 amide bonds. The van der Waals surface area contributed by atoms with Gasteiger partial charge in [-0.3, -0.25) is 10.1 Å². The van der Waals surface area contributed by atoms with E-state index in [1.165, 1.54) is 17.4 Å². The third kappa shape index (κ3) is 4.64. The summed E-state index contributed by atoms with van der Waals surface area (Å²) in [4.78, 5) is 16.7. The second kappa shape index (κ2) is 7.66. The van der Waals surface area contributed by atoms with Crippen molar-refractivity contribution in [1.82, 2.24) is 4.98 Å². The Morgan fingerprint density at radius 1 is 1.22 bits per heavy atom. The van der Waals surface area contributed by atoms with Gasteiger partial charge in [-0.25, -0.2) is 13.4 Å². The maximum atomic E-state index is 12.2. The number of ether oxygens (including phenoxy) is 1.